The number of carbonyl (C=O) groups is 2. The van der Waals surface area contributed by atoms with E-state index < -0.39 is 34.4 Å². The smallest absolute Gasteiger partial charge is 0.321 e. The van der Waals surface area contributed by atoms with Crippen LogP contribution in [-0.2, 0) is 26.0 Å². The second-order valence-electron chi connectivity index (χ2n) is 3.99. The van der Waals surface area contributed by atoms with Crippen LogP contribution in [0.2, 0.25) is 0 Å². The van der Waals surface area contributed by atoms with Gasteiger partial charge in [-0.05, 0) is 6.42 Å². The summed E-state index contributed by atoms with van der Waals surface area (Å²) in [6, 6.07) is -1.51. The first kappa shape index (κ1) is 16.1. The summed E-state index contributed by atoms with van der Waals surface area (Å²) in [7, 11) is -4.08. The highest BCUT2D eigenvalue weighted by atomic mass is 32.2. The van der Waals surface area contributed by atoms with E-state index >= 15 is 0 Å². The lowest BCUT2D eigenvalue weighted by Gasteiger charge is -2.12. The Labute approximate surface area is 115 Å². The Balaban J connectivity index is 2.85. The monoisotopic (exact) mass is 305 g/mol. The van der Waals surface area contributed by atoms with Crippen LogP contribution in [0.1, 0.15) is 25.6 Å². The van der Waals surface area contributed by atoms with Gasteiger partial charge in [-0.25, -0.2) is 13.4 Å². The third-order valence-corrected chi connectivity index (χ3v) is 3.85. The van der Waals surface area contributed by atoms with E-state index in [1.165, 1.54) is 0 Å². The summed E-state index contributed by atoms with van der Waals surface area (Å²) in [4.78, 5) is 27.7. The van der Waals surface area contributed by atoms with E-state index in [0.29, 0.717) is 12.2 Å². The molecule has 0 saturated heterocycles. The second-order valence-corrected chi connectivity index (χ2v) is 5.67. The number of aliphatic carboxylic acids is 2. The Kier molecular flexibility index (Phi) is 5.22. The molecule has 0 fully saturated rings. The Bertz CT molecular complexity index is 594. The molecule has 1 aromatic heterocycles. The van der Waals surface area contributed by atoms with E-state index in [9.17, 15) is 18.0 Å². The lowest BCUT2D eigenvalue weighted by Crippen LogP contribution is -2.41. The van der Waals surface area contributed by atoms with Crippen molar-refractivity contribution in [3.63, 3.8) is 0 Å². The van der Waals surface area contributed by atoms with E-state index in [1.54, 1.807) is 6.92 Å². The molecule has 0 aromatic carbocycles. The zero-order chi connectivity index (χ0) is 15.3. The molecule has 0 unspecified atom stereocenters. The lowest BCUT2D eigenvalue weighted by atomic mass is 10.2. The average molecular weight is 305 g/mol. The van der Waals surface area contributed by atoms with Gasteiger partial charge in [-0.1, -0.05) is 6.92 Å². The molecule has 0 radical (unpaired) electrons. The van der Waals surface area contributed by atoms with E-state index in [0.717, 1.165) is 6.20 Å². The van der Waals surface area contributed by atoms with Crippen LogP contribution in [0.5, 0.6) is 0 Å². The molecule has 9 nitrogen and oxygen atoms in total. The number of aryl methyl sites for hydroxylation is 1. The fourth-order valence-electron chi connectivity index (χ4n) is 1.41. The fraction of sp³-hybridized carbons (Fsp3) is 0.500. The summed E-state index contributed by atoms with van der Waals surface area (Å²) >= 11 is 0. The Morgan fingerprint density at radius 2 is 2.10 bits per heavy atom. The molecule has 1 aromatic rings. The first-order chi connectivity index (χ1) is 9.26. The average Bonchev–Trinajstić information content (AvgIpc) is 2.83. The van der Waals surface area contributed by atoms with Crippen molar-refractivity contribution in [3.05, 3.63) is 12.0 Å². The summed E-state index contributed by atoms with van der Waals surface area (Å²) in [5, 5.41) is 17.2. The molecule has 1 atom stereocenters. The maximum absolute atomic E-state index is 11.9. The van der Waals surface area contributed by atoms with E-state index in [1.807, 2.05) is 4.72 Å². The van der Waals surface area contributed by atoms with Gasteiger partial charge in [-0.15, -0.1) is 0 Å². The standard InChI is InChI=1S/C10H15N3O6S/c1-2-7-11-5-8(12-7)20(18,19)13-6(10(16)17)3-4-9(14)15/h5-6,13H,2-4H2,1H3,(H,11,12)(H,14,15)(H,16,17)/t6-/m0/s1. The van der Waals surface area contributed by atoms with Gasteiger partial charge in [0.1, 0.15) is 11.9 Å². The van der Waals surface area contributed by atoms with Crippen molar-refractivity contribution in [1.29, 1.82) is 0 Å². The van der Waals surface area contributed by atoms with Crippen molar-refractivity contribution in [3.8, 4) is 0 Å². The molecule has 0 aliphatic heterocycles. The first-order valence-corrected chi connectivity index (χ1v) is 7.25. The highest BCUT2D eigenvalue weighted by molar-refractivity contribution is 7.89. The first-order valence-electron chi connectivity index (χ1n) is 5.77. The molecule has 20 heavy (non-hydrogen) atoms. The lowest BCUT2D eigenvalue weighted by molar-refractivity contribution is -0.140. The van der Waals surface area contributed by atoms with Crippen molar-refractivity contribution in [2.45, 2.75) is 37.3 Å². The number of carboxylic acids is 2. The number of aromatic nitrogens is 2. The van der Waals surface area contributed by atoms with Crippen molar-refractivity contribution < 1.29 is 28.2 Å². The zero-order valence-corrected chi connectivity index (χ0v) is 11.5. The normalized spacial score (nSPS) is 13.1. The Hall–Kier alpha value is -1.94. The maximum Gasteiger partial charge on any atom is 0.321 e. The Morgan fingerprint density at radius 1 is 1.45 bits per heavy atom. The van der Waals surface area contributed by atoms with Crippen LogP contribution in [0.4, 0.5) is 0 Å². The van der Waals surface area contributed by atoms with Crippen molar-refractivity contribution in [2.75, 3.05) is 0 Å². The van der Waals surface area contributed by atoms with E-state index in [2.05, 4.69) is 9.97 Å². The third-order valence-electron chi connectivity index (χ3n) is 2.47. The SMILES string of the molecule is CCc1ncc(S(=O)(=O)N[C@@H](CCC(=O)O)C(=O)O)[nH]1. The molecule has 10 heteroatoms. The number of nitrogens with zero attached hydrogens (tertiary/aromatic N) is 1. The molecular weight excluding hydrogens is 290 g/mol. The number of carboxylic acid groups (broad SMARTS) is 2. The number of rotatable bonds is 8. The summed E-state index contributed by atoms with van der Waals surface area (Å²) in [6.45, 7) is 1.77. The van der Waals surface area contributed by atoms with E-state index in [-0.39, 0.29) is 11.4 Å². The molecule has 0 aliphatic carbocycles. The number of aromatic amines is 1. The molecule has 0 spiro atoms. The number of hydrogen-bond donors (Lipinski definition) is 4. The van der Waals surface area contributed by atoms with Gasteiger partial charge in [-0.3, -0.25) is 9.59 Å². The van der Waals surface area contributed by atoms with E-state index in [4.69, 9.17) is 10.2 Å². The molecule has 0 amide bonds. The number of imidazole rings is 1. The highest BCUT2D eigenvalue weighted by Crippen LogP contribution is 2.09. The number of sulfonamides is 1. The number of H-pyrrole nitrogens is 1. The molecule has 112 valence electrons. The molecule has 0 aliphatic rings. The van der Waals surface area contributed by atoms with Crippen molar-refractivity contribution in [2.24, 2.45) is 0 Å². The minimum Gasteiger partial charge on any atom is -0.481 e. The quantitative estimate of drug-likeness (QED) is 0.509. The Morgan fingerprint density at radius 3 is 2.55 bits per heavy atom. The number of nitrogens with one attached hydrogen (secondary N) is 2. The number of hydrogen-bond acceptors (Lipinski definition) is 5. The minimum atomic E-state index is -4.08. The van der Waals surface area contributed by atoms with Crippen LogP contribution in [0, 0.1) is 0 Å². The van der Waals surface area contributed by atoms with Gasteiger partial charge in [0.25, 0.3) is 10.0 Å². The van der Waals surface area contributed by atoms with Crippen LogP contribution in [0.25, 0.3) is 0 Å². The van der Waals surface area contributed by atoms with Gasteiger partial charge >= 0.3 is 11.9 Å². The highest BCUT2D eigenvalue weighted by Gasteiger charge is 2.27. The van der Waals surface area contributed by atoms with Gasteiger partial charge in [0.2, 0.25) is 0 Å². The van der Waals surface area contributed by atoms with Crippen LogP contribution in [0.3, 0.4) is 0 Å². The van der Waals surface area contributed by atoms with Crippen LogP contribution in [-0.4, -0.2) is 46.6 Å². The molecule has 4 N–H and O–H groups in total. The molecular formula is C10H15N3O6S. The molecule has 1 rings (SSSR count). The van der Waals surface area contributed by atoms with Gasteiger partial charge in [0.15, 0.2) is 5.03 Å². The topological polar surface area (TPSA) is 149 Å². The molecule has 0 bridgehead atoms. The summed E-state index contributed by atoms with van der Waals surface area (Å²) in [6.07, 6.45) is 0.773. The largest absolute Gasteiger partial charge is 0.481 e. The summed E-state index contributed by atoms with van der Waals surface area (Å²) < 4.78 is 25.8. The van der Waals surface area contributed by atoms with Gasteiger partial charge < -0.3 is 15.2 Å². The predicted octanol–water partition coefficient (Wildman–Crippen LogP) is -0.432. The summed E-state index contributed by atoms with van der Waals surface area (Å²) in [5.41, 5.74) is 0. The molecule has 1 heterocycles. The van der Waals surface area contributed by atoms with Crippen molar-refractivity contribution >= 4 is 22.0 Å². The maximum atomic E-state index is 11.9. The fourth-order valence-corrected chi connectivity index (χ4v) is 2.57. The second kappa shape index (κ2) is 6.48. The van der Waals surface area contributed by atoms with Crippen LogP contribution in [0.15, 0.2) is 11.2 Å². The van der Waals surface area contributed by atoms with Crippen LogP contribution < -0.4 is 4.72 Å². The minimum absolute atomic E-state index is 0.254. The predicted molar refractivity (Wildman–Crippen MR) is 66.6 cm³/mol. The zero-order valence-electron chi connectivity index (χ0n) is 10.7. The van der Waals surface area contributed by atoms with Crippen LogP contribution >= 0.6 is 0 Å². The van der Waals surface area contributed by atoms with Gasteiger partial charge in [0.05, 0.1) is 6.20 Å². The summed E-state index contributed by atoms with van der Waals surface area (Å²) in [5.74, 6) is -2.20. The van der Waals surface area contributed by atoms with Crippen molar-refractivity contribution in [1.82, 2.24) is 14.7 Å². The van der Waals surface area contributed by atoms with Gasteiger partial charge in [0, 0.05) is 12.8 Å². The van der Waals surface area contributed by atoms with Gasteiger partial charge in [-0.2, -0.15) is 4.72 Å². The molecule has 0 saturated carbocycles. The third kappa shape index (κ3) is 4.31.